The molecule has 0 spiro atoms. The lowest BCUT2D eigenvalue weighted by molar-refractivity contribution is -0.123. The van der Waals surface area contributed by atoms with E-state index < -0.39 is 0 Å². The lowest BCUT2D eigenvalue weighted by Gasteiger charge is -2.31. The van der Waals surface area contributed by atoms with Crippen LogP contribution in [0.1, 0.15) is 24.8 Å². The molecule has 0 aromatic heterocycles. The van der Waals surface area contributed by atoms with Crippen LogP contribution < -0.4 is 10.6 Å². The van der Waals surface area contributed by atoms with Crippen molar-refractivity contribution in [2.75, 3.05) is 18.8 Å². The Morgan fingerprint density at radius 1 is 1.40 bits per heavy atom. The second-order valence-electron chi connectivity index (χ2n) is 5.49. The molecule has 0 saturated carbocycles. The minimum absolute atomic E-state index is 0. The number of thioether (sulfide) groups is 1. The first kappa shape index (κ1) is 15.7. The predicted molar refractivity (Wildman–Crippen MR) is 85.7 cm³/mol. The van der Waals surface area contributed by atoms with Crippen molar-refractivity contribution in [3.63, 3.8) is 0 Å². The van der Waals surface area contributed by atoms with Crippen molar-refractivity contribution in [2.24, 2.45) is 5.92 Å². The summed E-state index contributed by atoms with van der Waals surface area (Å²) in [6.45, 7) is 4.21. The third-order valence-electron chi connectivity index (χ3n) is 4.13. The van der Waals surface area contributed by atoms with Crippen LogP contribution in [0.2, 0.25) is 0 Å². The summed E-state index contributed by atoms with van der Waals surface area (Å²) in [4.78, 5) is 13.7. The first-order chi connectivity index (χ1) is 9.25. The third-order valence-corrected chi connectivity index (χ3v) is 5.31. The van der Waals surface area contributed by atoms with Crippen LogP contribution in [0.5, 0.6) is 0 Å². The second-order valence-corrected chi connectivity index (χ2v) is 6.55. The zero-order valence-electron chi connectivity index (χ0n) is 11.6. The lowest BCUT2D eigenvalue weighted by atomic mass is 9.93. The molecule has 0 bridgehead atoms. The maximum absolute atomic E-state index is 12.5. The van der Waals surface area contributed by atoms with Gasteiger partial charge < -0.3 is 10.6 Å². The van der Waals surface area contributed by atoms with Gasteiger partial charge in [-0.3, -0.25) is 4.79 Å². The largest absolute Gasteiger partial charge is 0.352 e. The fourth-order valence-electron chi connectivity index (χ4n) is 2.89. The van der Waals surface area contributed by atoms with E-state index in [1.165, 1.54) is 10.5 Å². The van der Waals surface area contributed by atoms with Crippen LogP contribution in [0.15, 0.2) is 29.2 Å². The van der Waals surface area contributed by atoms with Crippen LogP contribution in [0.3, 0.4) is 0 Å². The van der Waals surface area contributed by atoms with Gasteiger partial charge in [-0.25, -0.2) is 0 Å². The highest BCUT2D eigenvalue weighted by Crippen LogP contribution is 2.39. The van der Waals surface area contributed by atoms with Gasteiger partial charge in [0.2, 0.25) is 5.91 Å². The molecule has 3 unspecified atom stereocenters. The van der Waals surface area contributed by atoms with Gasteiger partial charge in [0.05, 0.1) is 5.92 Å². The molecule has 3 atom stereocenters. The van der Waals surface area contributed by atoms with Crippen molar-refractivity contribution in [1.82, 2.24) is 10.6 Å². The Morgan fingerprint density at radius 2 is 2.20 bits per heavy atom. The monoisotopic (exact) mass is 312 g/mol. The van der Waals surface area contributed by atoms with Gasteiger partial charge in [-0.1, -0.05) is 25.1 Å². The summed E-state index contributed by atoms with van der Waals surface area (Å²) in [5, 5.41) is 6.63. The zero-order chi connectivity index (χ0) is 13.2. The van der Waals surface area contributed by atoms with Crippen LogP contribution in [0.25, 0.3) is 0 Å². The number of benzene rings is 1. The number of fused-ring (bicyclic) bond motifs is 1. The Bertz CT molecular complexity index is 483. The van der Waals surface area contributed by atoms with E-state index in [1.54, 1.807) is 11.8 Å². The average Bonchev–Trinajstić information content (AvgIpc) is 2.85. The van der Waals surface area contributed by atoms with Crippen LogP contribution in [-0.2, 0) is 4.79 Å². The first-order valence-electron chi connectivity index (χ1n) is 6.98. The number of hydrogen-bond donors (Lipinski definition) is 2. The Hall–Kier alpha value is -0.710. The van der Waals surface area contributed by atoms with Crippen molar-refractivity contribution < 1.29 is 4.79 Å². The molecule has 1 saturated heterocycles. The number of piperidine rings is 1. The molecule has 2 heterocycles. The summed E-state index contributed by atoms with van der Waals surface area (Å²) in [5.41, 5.74) is 1.20. The van der Waals surface area contributed by atoms with Gasteiger partial charge in [0.1, 0.15) is 0 Å². The number of hydrogen-bond acceptors (Lipinski definition) is 3. The summed E-state index contributed by atoms with van der Waals surface area (Å²) in [5.74, 6) is 1.63. The molecule has 110 valence electrons. The van der Waals surface area contributed by atoms with Crippen LogP contribution in [-0.4, -0.2) is 30.8 Å². The van der Waals surface area contributed by atoms with Crippen molar-refractivity contribution >= 4 is 30.1 Å². The molecular formula is C15H21ClN2OS. The van der Waals surface area contributed by atoms with Gasteiger partial charge in [-0.2, -0.15) is 0 Å². The number of carbonyl (C=O) groups is 1. The highest BCUT2D eigenvalue weighted by molar-refractivity contribution is 7.99. The fraction of sp³-hybridized carbons (Fsp3) is 0.533. The average molecular weight is 313 g/mol. The van der Waals surface area contributed by atoms with E-state index in [2.05, 4.69) is 29.7 Å². The Kier molecular flexibility index (Phi) is 5.35. The van der Waals surface area contributed by atoms with E-state index in [4.69, 9.17) is 0 Å². The summed E-state index contributed by atoms with van der Waals surface area (Å²) < 4.78 is 0. The number of halogens is 1. The molecule has 5 heteroatoms. The van der Waals surface area contributed by atoms with Crippen LogP contribution >= 0.6 is 24.2 Å². The van der Waals surface area contributed by atoms with Gasteiger partial charge in [0, 0.05) is 16.7 Å². The van der Waals surface area contributed by atoms with Crippen molar-refractivity contribution in [3.8, 4) is 0 Å². The van der Waals surface area contributed by atoms with Crippen molar-refractivity contribution in [2.45, 2.75) is 30.2 Å². The molecule has 2 aliphatic rings. The van der Waals surface area contributed by atoms with E-state index in [-0.39, 0.29) is 24.2 Å². The SMILES string of the molecule is CC1CNCCC1NC(=O)C1CSc2ccccc21.Cl. The first-order valence-corrected chi connectivity index (χ1v) is 7.97. The maximum Gasteiger partial charge on any atom is 0.228 e. The van der Waals surface area contributed by atoms with Crippen LogP contribution in [0, 0.1) is 5.92 Å². The molecule has 2 N–H and O–H groups in total. The normalized spacial score (nSPS) is 28.4. The van der Waals surface area contributed by atoms with Gasteiger partial charge in [-0.15, -0.1) is 24.2 Å². The fourth-order valence-corrected chi connectivity index (χ4v) is 4.12. The molecule has 20 heavy (non-hydrogen) atoms. The van der Waals surface area contributed by atoms with Gasteiger partial charge in [-0.05, 0) is 37.1 Å². The molecule has 3 nitrogen and oxygen atoms in total. The summed E-state index contributed by atoms with van der Waals surface area (Å²) in [6, 6.07) is 8.59. The summed E-state index contributed by atoms with van der Waals surface area (Å²) in [6.07, 6.45) is 1.04. The highest BCUT2D eigenvalue weighted by atomic mass is 35.5. The van der Waals surface area contributed by atoms with E-state index in [0.29, 0.717) is 12.0 Å². The van der Waals surface area contributed by atoms with E-state index >= 15 is 0 Å². The molecule has 1 fully saturated rings. The number of nitrogens with one attached hydrogen (secondary N) is 2. The molecular weight excluding hydrogens is 292 g/mol. The van der Waals surface area contributed by atoms with Gasteiger partial charge >= 0.3 is 0 Å². The standard InChI is InChI=1S/C15H20N2OS.ClH/c1-10-8-16-7-6-13(10)17-15(18)12-9-19-14-5-3-2-4-11(12)14;/h2-5,10,12-13,16H,6-9H2,1H3,(H,17,18);1H. The Labute approximate surface area is 130 Å². The van der Waals surface area contributed by atoms with Crippen molar-refractivity contribution in [1.29, 1.82) is 0 Å². The van der Waals surface area contributed by atoms with Crippen LogP contribution in [0.4, 0.5) is 0 Å². The summed E-state index contributed by atoms with van der Waals surface area (Å²) >= 11 is 1.79. The molecule has 0 radical (unpaired) electrons. The molecule has 1 aromatic carbocycles. The Balaban J connectivity index is 0.00000147. The molecule has 1 amide bonds. The smallest absolute Gasteiger partial charge is 0.228 e. The number of carbonyl (C=O) groups excluding carboxylic acids is 1. The number of rotatable bonds is 2. The Morgan fingerprint density at radius 3 is 3.00 bits per heavy atom. The molecule has 0 aliphatic carbocycles. The van der Waals surface area contributed by atoms with E-state index in [1.807, 2.05) is 12.1 Å². The van der Waals surface area contributed by atoms with E-state index in [9.17, 15) is 4.79 Å². The predicted octanol–water partition coefficient (Wildman–Crippen LogP) is 2.41. The lowest BCUT2D eigenvalue weighted by Crippen LogP contribution is -2.49. The maximum atomic E-state index is 12.5. The number of amides is 1. The molecule has 1 aromatic rings. The van der Waals surface area contributed by atoms with Gasteiger partial charge in [0.25, 0.3) is 0 Å². The van der Waals surface area contributed by atoms with Crippen molar-refractivity contribution in [3.05, 3.63) is 29.8 Å². The highest BCUT2D eigenvalue weighted by Gasteiger charge is 2.31. The minimum Gasteiger partial charge on any atom is -0.352 e. The summed E-state index contributed by atoms with van der Waals surface area (Å²) in [7, 11) is 0. The molecule has 3 rings (SSSR count). The quantitative estimate of drug-likeness (QED) is 0.881. The zero-order valence-corrected chi connectivity index (χ0v) is 13.2. The second kappa shape index (κ2) is 6.83. The van der Waals surface area contributed by atoms with E-state index in [0.717, 1.165) is 25.3 Å². The molecule has 2 aliphatic heterocycles. The van der Waals surface area contributed by atoms with Gasteiger partial charge in [0.15, 0.2) is 0 Å². The topological polar surface area (TPSA) is 41.1 Å². The minimum atomic E-state index is 0. The third kappa shape index (κ3) is 3.13.